The molecule has 5 heteroatoms. The maximum Gasteiger partial charge on any atom is 0.220 e. The van der Waals surface area contributed by atoms with Crippen LogP contribution in [0.1, 0.15) is 11.1 Å². The zero-order valence-corrected chi connectivity index (χ0v) is 14.2. The van der Waals surface area contributed by atoms with E-state index in [1.807, 2.05) is 60.7 Å². The lowest BCUT2D eigenvalue weighted by Crippen LogP contribution is -2.34. The van der Waals surface area contributed by atoms with Crippen LogP contribution in [0, 0.1) is 0 Å². The normalized spacial score (nSPS) is 23.1. The average Bonchev–Trinajstić information content (AvgIpc) is 2.97. The molecule has 0 amide bonds. The summed E-state index contributed by atoms with van der Waals surface area (Å²) in [6.07, 6.45) is -2.07. The second-order valence-corrected chi connectivity index (χ2v) is 5.86. The fraction of sp³-hybridized carbons (Fsp3) is 0.350. The lowest BCUT2D eigenvalue weighted by molar-refractivity contribution is -0.154. The molecule has 1 saturated heterocycles. The SMILES string of the molecule is COC1O[C@H](COCc2ccccc2)C(OCc2ccccc2)C1=O. The van der Waals surface area contributed by atoms with Gasteiger partial charge in [-0.15, -0.1) is 0 Å². The van der Waals surface area contributed by atoms with Crippen LogP contribution in [-0.4, -0.2) is 38.0 Å². The summed E-state index contributed by atoms with van der Waals surface area (Å²) >= 11 is 0. The van der Waals surface area contributed by atoms with Crippen molar-refractivity contribution in [3.8, 4) is 0 Å². The van der Waals surface area contributed by atoms with Crippen LogP contribution in [0.5, 0.6) is 0 Å². The average molecular weight is 342 g/mol. The summed E-state index contributed by atoms with van der Waals surface area (Å²) in [7, 11) is 1.45. The largest absolute Gasteiger partial charge is 0.374 e. The standard InChI is InChI=1S/C20H22O5/c1-22-20-18(21)19(24-13-16-10-6-3-7-11-16)17(25-20)14-23-12-15-8-4-2-5-9-15/h2-11,17,19-20H,12-14H2,1H3/t17-,19?,20?/m1/s1. The maximum absolute atomic E-state index is 12.4. The minimum atomic E-state index is -0.897. The van der Waals surface area contributed by atoms with E-state index in [4.69, 9.17) is 18.9 Å². The highest BCUT2D eigenvalue weighted by Gasteiger charge is 2.44. The van der Waals surface area contributed by atoms with Gasteiger partial charge in [-0.3, -0.25) is 4.79 Å². The molecule has 1 fully saturated rings. The predicted molar refractivity (Wildman–Crippen MR) is 91.8 cm³/mol. The van der Waals surface area contributed by atoms with E-state index in [9.17, 15) is 4.79 Å². The van der Waals surface area contributed by atoms with Crippen LogP contribution in [0.2, 0.25) is 0 Å². The van der Waals surface area contributed by atoms with Gasteiger partial charge in [-0.2, -0.15) is 0 Å². The molecule has 0 N–H and O–H groups in total. The van der Waals surface area contributed by atoms with Gasteiger partial charge in [0.1, 0.15) is 12.2 Å². The van der Waals surface area contributed by atoms with Gasteiger partial charge < -0.3 is 18.9 Å². The fourth-order valence-electron chi connectivity index (χ4n) is 2.73. The zero-order valence-electron chi connectivity index (χ0n) is 14.2. The van der Waals surface area contributed by atoms with E-state index in [1.165, 1.54) is 7.11 Å². The topological polar surface area (TPSA) is 54.0 Å². The smallest absolute Gasteiger partial charge is 0.220 e. The minimum absolute atomic E-state index is 0.202. The highest BCUT2D eigenvalue weighted by molar-refractivity contribution is 5.88. The summed E-state index contributed by atoms with van der Waals surface area (Å²) in [5.74, 6) is -0.202. The second-order valence-electron chi connectivity index (χ2n) is 5.86. The Hall–Kier alpha value is -2.05. The summed E-state index contributed by atoms with van der Waals surface area (Å²) in [4.78, 5) is 12.4. The van der Waals surface area contributed by atoms with E-state index in [1.54, 1.807) is 0 Å². The highest BCUT2D eigenvalue weighted by Crippen LogP contribution is 2.22. The molecule has 132 valence electrons. The molecule has 2 unspecified atom stereocenters. The van der Waals surface area contributed by atoms with Crippen molar-refractivity contribution in [1.82, 2.24) is 0 Å². The molecule has 0 bridgehead atoms. The summed E-state index contributed by atoms with van der Waals surface area (Å²) in [5.41, 5.74) is 2.07. The molecule has 25 heavy (non-hydrogen) atoms. The molecule has 1 heterocycles. The van der Waals surface area contributed by atoms with E-state index in [0.717, 1.165) is 11.1 Å². The quantitative estimate of drug-likeness (QED) is 0.738. The van der Waals surface area contributed by atoms with Gasteiger partial charge in [0, 0.05) is 7.11 Å². The first kappa shape index (κ1) is 17.8. The van der Waals surface area contributed by atoms with Gasteiger partial charge >= 0.3 is 0 Å². The molecule has 0 radical (unpaired) electrons. The molecule has 0 aliphatic carbocycles. The van der Waals surface area contributed by atoms with Gasteiger partial charge in [0.15, 0.2) is 0 Å². The van der Waals surface area contributed by atoms with Crippen LogP contribution in [0.15, 0.2) is 60.7 Å². The Morgan fingerprint density at radius 1 is 0.920 bits per heavy atom. The third-order valence-corrected chi connectivity index (χ3v) is 4.03. The van der Waals surface area contributed by atoms with Crippen molar-refractivity contribution in [3.63, 3.8) is 0 Å². The Kier molecular flexibility index (Phi) is 6.30. The van der Waals surface area contributed by atoms with E-state index in [2.05, 4.69) is 0 Å². The summed E-state index contributed by atoms with van der Waals surface area (Å²) in [5, 5.41) is 0. The number of Topliss-reactive ketones (excluding diaryl/α,β-unsaturated/α-hetero) is 1. The van der Waals surface area contributed by atoms with Crippen LogP contribution in [0.3, 0.4) is 0 Å². The lowest BCUT2D eigenvalue weighted by atomic mass is 10.1. The molecule has 0 spiro atoms. The number of ketones is 1. The first-order chi connectivity index (χ1) is 12.3. The fourth-order valence-corrected chi connectivity index (χ4v) is 2.73. The molecule has 1 aliphatic heterocycles. The number of hydrogen-bond acceptors (Lipinski definition) is 5. The van der Waals surface area contributed by atoms with Gasteiger partial charge in [-0.25, -0.2) is 0 Å². The second kappa shape index (κ2) is 8.87. The van der Waals surface area contributed by atoms with Gasteiger partial charge in [-0.1, -0.05) is 60.7 Å². The van der Waals surface area contributed by atoms with Crippen molar-refractivity contribution in [2.75, 3.05) is 13.7 Å². The maximum atomic E-state index is 12.4. The van der Waals surface area contributed by atoms with Crippen LogP contribution in [0.25, 0.3) is 0 Å². The molecule has 1 aliphatic rings. The van der Waals surface area contributed by atoms with Gasteiger partial charge in [-0.05, 0) is 11.1 Å². The molecule has 3 rings (SSSR count). The third-order valence-electron chi connectivity index (χ3n) is 4.03. The molecule has 3 atom stereocenters. The first-order valence-electron chi connectivity index (χ1n) is 8.27. The van der Waals surface area contributed by atoms with Crippen molar-refractivity contribution in [3.05, 3.63) is 71.8 Å². The van der Waals surface area contributed by atoms with Gasteiger partial charge in [0.05, 0.1) is 19.8 Å². The number of hydrogen-bond donors (Lipinski definition) is 0. The Labute approximate surface area is 147 Å². The Balaban J connectivity index is 1.56. The third kappa shape index (κ3) is 4.74. The molecular weight excluding hydrogens is 320 g/mol. The van der Waals surface area contributed by atoms with Crippen LogP contribution in [0.4, 0.5) is 0 Å². The Bertz CT molecular complexity index is 658. The van der Waals surface area contributed by atoms with Crippen LogP contribution in [-0.2, 0) is 37.0 Å². The number of benzene rings is 2. The lowest BCUT2D eigenvalue weighted by Gasteiger charge is -2.17. The van der Waals surface area contributed by atoms with Gasteiger partial charge in [0.25, 0.3) is 0 Å². The first-order valence-corrected chi connectivity index (χ1v) is 8.27. The van der Waals surface area contributed by atoms with Gasteiger partial charge in [0.2, 0.25) is 12.1 Å². The number of rotatable bonds is 8. The summed E-state index contributed by atoms with van der Waals surface area (Å²) in [6, 6.07) is 19.6. The summed E-state index contributed by atoms with van der Waals surface area (Å²) < 4.78 is 22.3. The van der Waals surface area contributed by atoms with E-state index < -0.39 is 18.5 Å². The van der Waals surface area contributed by atoms with Crippen molar-refractivity contribution in [2.24, 2.45) is 0 Å². The van der Waals surface area contributed by atoms with Crippen molar-refractivity contribution >= 4 is 5.78 Å². The van der Waals surface area contributed by atoms with Crippen LogP contribution >= 0.6 is 0 Å². The van der Waals surface area contributed by atoms with Crippen molar-refractivity contribution in [1.29, 1.82) is 0 Å². The van der Waals surface area contributed by atoms with Crippen LogP contribution < -0.4 is 0 Å². The van der Waals surface area contributed by atoms with Crippen molar-refractivity contribution in [2.45, 2.75) is 31.7 Å². The number of methoxy groups -OCH3 is 1. The summed E-state index contributed by atoms with van der Waals surface area (Å²) in [6.45, 7) is 1.06. The molecule has 0 saturated carbocycles. The molecule has 2 aromatic rings. The monoisotopic (exact) mass is 342 g/mol. The van der Waals surface area contributed by atoms with E-state index in [0.29, 0.717) is 13.2 Å². The zero-order chi connectivity index (χ0) is 17.5. The minimum Gasteiger partial charge on any atom is -0.374 e. The Morgan fingerprint density at radius 2 is 1.52 bits per heavy atom. The molecule has 5 nitrogen and oxygen atoms in total. The highest BCUT2D eigenvalue weighted by atomic mass is 16.7. The number of carbonyl (C=O) groups excluding carboxylic acids is 1. The Morgan fingerprint density at radius 3 is 2.12 bits per heavy atom. The van der Waals surface area contributed by atoms with E-state index in [-0.39, 0.29) is 12.4 Å². The molecule has 2 aromatic carbocycles. The number of carbonyl (C=O) groups is 1. The predicted octanol–water partition coefficient (Wildman–Crippen LogP) is 2.73. The molecular formula is C20H22O5. The molecule has 0 aromatic heterocycles. The number of ether oxygens (including phenoxy) is 4. The van der Waals surface area contributed by atoms with E-state index >= 15 is 0 Å². The van der Waals surface area contributed by atoms with Crippen molar-refractivity contribution < 1.29 is 23.7 Å².